The first kappa shape index (κ1) is 19.5. The van der Waals surface area contributed by atoms with Crippen molar-refractivity contribution in [1.29, 1.82) is 0 Å². The molecule has 0 radical (unpaired) electrons. The van der Waals surface area contributed by atoms with Gasteiger partial charge in [0.15, 0.2) is 0 Å². The molecule has 140 valence electrons. The summed E-state index contributed by atoms with van der Waals surface area (Å²) in [6.07, 6.45) is 1.29. The molecule has 1 aromatic rings. The van der Waals surface area contributed by atoms with E-state index in [2.05, 4.69) is 24.4 Å². The van der Waals surface area contributed by atoms with Crippen LogP contribution in [0.5, 0.6) is 5.75 Å². The van der Waals surface area contributed by atoms with Crippen LogP contribution in [0.2, 0.25) is 0 Å². The summed E-state index contributed by atoms with van der Waals surface area (Å²) in [5.74, 6) is 0.858. The van der Waals surface area contributed by atoms with Crippen LogP contribution in [0.3, 0.4) is 0 Å². The van der Waals surface area contributed by atoms with Crippen LogP contribution in [0.4, 0.5) is 4.79 Å². The molecule has 1 aliphatic heterocycles. The predicted molar refractivity (Wildman–Crippen MR) is 96.8 cm³/mol. The molecular formula is C19H30N2O4. The summed E-state index contributed by atoms with van der Waals surface area (Å²) in [6, 6.07) is 4.35. The van der Waals surface area contributed by atoms with Crippen LogP contribution < -0.4 is 10.1 Å². The minimum Gasteiger partial charge on any atom is -0.494 e. The zero-order valence-electron chi connectivity index (χ0n) is 15.5. The lowest BCUT2D eigenvalue weighted by atomic mass is 9.92. The summed E-state index contributed by atoms with van der Waals surface area (Å²) in [5.41, 5.74) is 3.50. The molecule has 6 nitrogen and oxygen atoms in total. The normalized spacial score (nSPS) is 16.5. The maximum Gasteiger partial charge on any atom is 0.410 e. The largest absolute Gasteiger partial charge is 0.494 e. The molecule has 1 unspecified atom stereocenters. The fraction of sp³-hybridized carbons (Fsp3) is 0.632. The lowest BCUT2D eigenvalue weighted by molar-refractivity contribution is 0.0861. The van der Waals surface area contributed by atoms with Gasteiger partial charge >= 0.3 is 6.09 Å². The van der Waals surface area contributed by atoms with E-state index in [-0.39, 0.29) is 18.7 Å². The van der Waals surface area contributed by atoms with Gasteiger partial charge in [0.05, 0.1) is 13.2 Å². The third kappa shape index (κ3) is 5.09. The highest BCUT2D eigenvalue weighted by molar-refractivity contribution is 5.68. The summed E-state index contributed by atoms with van der Waals surface area (Å²) in [6.45, 7) is 9.04. The van der Waals surface area contributed by atoms with Crippen molar-refractivity contribution in [2.24, 2.45) is 0 Å². The molecule has 0 bridgehead atoms. The first-order valence-electron chi connectivity index (χ1n) is 9.13. The molecule has 0 fully saturated rings. The van der Waals surface area contributed by atoms with E-state index < -0.39 is 0 Å². The van der Waals surface area contributed by atoms with Gasteiger partial charge in [0.1, 0.15) is 5.75 Å². The van der Waals surface area contributed by atoms with Crippen LogP contribution in [-0.4, -0.2) is 48.5 Å². The maximum absolute atomic E-state index is 12.1. The predicted octanol–water partition coefficient (Wildman–Crippen LogP) is 2.46. The number of amides is 1. The number of ether oxygens (including phenoxy) is 2. The highest BCUT2D eigenvalue weighted by atomic mass is 16.6. The summed E-state index contributed by atoms with van der Waals surface area (Å²) in [5, 5.41) is 12.2. The standard InChI is InChI=1S/C19H30N2O4/c1-4-24-18-11-17-13-21(19(23)25-5-2)14(3)9-15(17)10-16(18)12-20-7-6-8-22/h10-11,14,20,22H,4-9,12-13H2,1-3H3. The molecule has 0 spiro atoms. The molecule has 0 aromatic heterocycles. The van der Waals surface area contributed by atoms with Gasteiger partial charge in [-0.25, -0.2) is 4.79 Å². The number of aliphatic hydroxyl groups excluding tert-OH is 1. The second kappa shape index (κ2) is 9.63. The van der Waals surface area contributed by atoms with Crippen molar-refractivity contribution >= 4 is 6.09 Å². The van der Waals surface area contributed by atoms with Gasteiger partial charge in [-0.15, -0.1) is 0 Å². The Morgan fingerprint density at radius 1 is 1.32 bits per heavy atom. The number of benzene rings is 1. The monoisotopic (exact) mass is 350 g/mol. The van der Waals surface area contributed by atoms with Crippen LogP contribution in [0, 0.1) is 0 Å². The van der Waals surface area contributed by atoms with Crippen LogP contribution in [0.25, 0.3) is 0 Å². The fourth-order valence-corrected chi connectivity index (χ4v) is 3.13. The Balaban J connectivity index is 2.18. The van der Waals surface area contributed by atoms with E-state index in [0.29, 0.717) is 26.3 Å². The zero-order valence-corrected chi connectivity index (χ0v) is 15.5. The molecule has 0 aliphatic carbocycles. The van der Waals surface area contributed by atoms with Gasteiger partial charge in [0.2, 0.25) is 0 Å². The number of rotatable bonds is 8. The van der Waals surface area contributed by atoms with Gasteiger partial charge in [-0.05, 0) is 57.4 Å². The summed E-state index contributed by atoms with van der Waals surface area (Å²) in [4.78, 5) is 13.9. The molecule has 2 N–H and O–H groups in total. The van der Waals surface area contributed by atoms with Crippen molar-refractivity contribution in [3.63, 3.8) is 0 Å². The molecule has 25 heavy (non-hydrogen) atoms. The first-order valence-corrected chi connectivity index (χ1v) is 9.13. The molecule has 1 amide bonds. The quantitative estimate of drug-likeness (QED) is 0.705. The Kier molecular flexibility index (Phi) is 7.52. The zero-order chi connectivity index (χ0) is 18.2. The van der Waals surface area contributed by atoms with E-state index in [9.17, 15) is 4.79 Å². The highest BCUT2D eigenvalue weighted by Gasteiger charge is 2.28. The Bertz CT molecular complexity index is 577. The molecule has 1 heterocycles. The van der Waals surface area contributed by atoms with Crippen molar-refractivity contribution in [3.05, 3.63) is 28.8 Å². The van der Waals surface area contributed by atoms with Gasteiger partial charge in [-0.2, -0.15) is 0 Å². The van der Waals surface area contributed by atoms with Crippen molar-refractivity contribution in [3.8, 4) is 5.75 Å². The van der Waals surface area contributed by atoms with E-state index in [1.807, 2.05) is 13.8 Å². The second-order valence-corrected chi connectivity index (χ2v) is 6.30. The maximum atomic E-state index is 12.1. The Morgan fingerprint density at radius 3 is 2.80 bits per heavy atom. The second-order valence-electron chi connectivity index (χ2n) is 6.30. The summed E-state index contributed by atoms with van der Waals surface area (Å²) in [7, 11) is 0. The Labute approximate surface area is 150 Å². The number of carbonyl (C=O) groups excluding carboxylic acids is 1. The van der Waals surface area contributed by atoms with E-state index in [1.165, 1.54) is 5.56 Å². The van der Waals surface area contributed by atoms with E-state index >= 15 is 0 Å². The molecule has 0 saturated heterocycles. The Morgan fingerprint density at radius 2 is 2.12 bits per heavy atom. The first-order chi connectivity index (χ1) is 12.1. The smallest absolute Gasteiger partial charge is 0.410 e. The van der Waals surface area contributed by atoms with Gasteiger partial charge in [0.25, 0.3) is 0 Å². The minimum absolute atomic E-state index is 0.111. The third-order valence-corrected chi connectivity index (χ3v) is 4.40. The molecule has 2 rings (SSSR count). The summed E-state index contributed by atoms with van der Waals surface area (Å²) >= 11 is 0. The van der Waals surface area contributed by atoms with Crippen LogP contribution >= 0.6 is 0 Å². The number of nitrogens with zero attached hydrogens (tertiary/aromatic N) is 1. The average Bonchev–Trinajstić information content (AvgIpc) is 2.59. The van der Waals surface area contributed by atoms with Gasteiger partial charge < -0.3 is 24.8 Å². The lowest BCUT2D eigenvalue weighted by Gasteiger charge is -2.34. The lowest BCUT2D eigenvalue weighted by Crippen LogP contribution is -2.43. The van der Waals surface area contributed by atoms with Crippen molar-refractivity contribution in [2.45, 2.75) is 52.7 Å². The fourth-order valence-electron chi connectivity index (χ4n) is 3.13. The number of hydrogen-bond acceptors (Lipinski definition) is 5. The van der Waals surface area contributed by atoms with Crippen LogP contribution in [-0.2, 0) is 24.2 Å². The van der Waals surface area contributed by atoms with E-state index in [4.69, 9.17) is 14.6 Å². The topological polar surface area (TPSA) is 71.0 Å². The summed E-state index contributed by atoms with van der Waals surface area (Å²) < 4.78 is 11.0. The third-order valence-electron chi connectivity index (χ3n) is 4.40. The molecule has 6 heteroatoms. The van der Waals surface area contributed by atoms with Crippen molar-refractivity contribution in [2.75, 3.05) is 26.4 Å². The van der Waals surface area contributed by atoms with Crippen LogP contribution in [0.1, 0.15) is 43.9 Å². The van der Waals surface area contributed by atoms with Gasteiger partial charge in [-0.3, -0.25) is 0 Å². The number of hydrogen-bond donors (Lipinski definition) is 2. The average molecular weight is 350 g/mol. The van der Waals surface area contributed by atoms with Crippen molar-refractivity contribution in [1.82, 2.24) is 10.2 Å². The van der Waals surface area contributed by atoms with Crippen LogP contribution in [0.15, 0.2) is 12.1 Å². The molecular weight excluding hydrogens is 320 g/mol. The number of aliphatic hydroxyl groups is 1. The highest BCUT2D eigenvalue weighted by Crippen LogP contribution is 2.30. The van der Waals surface area contributed by atoms with E-state index in [1.54, 1.807) is 4.90 Å². The van der Waals surface area contributed by atoms with E-state index in [0.717, 1.165) is 36.3 Å². The minimum atomic E-state index is -0.256. The van der Waals surface area contributed by atoms with Gasteiger partial charge in [0, 0.05) is 31.3 Å². The number of nitrogens with one attached hydrogen (secondary N) is 1. The molecule has 1 aromatic carbocycles. The number of fused-ring (bicyclic) bond motifs is 1. The molecule has 1 atom stereocenters. The van der Waals surface area contributed by atoms with Crippen molar-refractivity contribution < 1.29 is 19.4 Å². The Hall–Kier alpha value is -1.79. The molecule has 1 aliphatic rings. The number of carbonyl (C=O) groups is 1. The molecule has 0 saturated carbocycles. The SMILES string of the molecule is CCOC(=O)N1Cc2cc(OCC)c(CNCCCO)cc2CC1C. The van der Waals surface area contributed by atoms with Gasteiger partial charge in [-0.1, -0.05) is 6.07 Å².